The smallest absolute Gasteiger partial charge is 0.237 e. The van der Waals surface area contributed by atoms with Gasteiger partial charge in [0.05, 0.1) is 5.25 Å². The quantitative estimate of drug-likeness (QED) is 0.605. The summed E-state index contributed by atoms with van der Waals surface area (Å²) < 4.78 is 6.64. The van der Waals surface area contributed by atoms with E-state index in [1.54, 1.807) is 6.20 Å². The van der Waals surface area contributed by atoms with Gasteiger partial charge >= 0.3 is 0 Å². The predicted octanol–water partition coefficient (Wildman–Crippen LogP) is 4.84. The number of hydrogen-bond donors (Lipinski definition) is 1. The molecule has 0 bridgehead atoms. The van der Waals surface area contributed by atoms with Crippen LogP contribution in [0.25, 0.3) is 0 Å². The molecule has 0 fully saturated rings. The maximum Gasteiger partial charge on any atom is 0.237 e. The van der Waals surface area contributed by atoms with Crippen LogP contribution in [0.15, 0.2) is 70.5 Å². The summed E-state index contributed by atoms with van der Waals surface area (Å²) in [5, 5.41) is 4.61. The van der Waals surface area contributed by atoms with Crippen LogP contribution in [0.2, 0.25) is 0 Å². The molecule has 0 radical (unpaired) electrons. The molecule has 2 aromatic carbocycles. The third kappa shape index (κ3) is 5.34. The number of carbonyl (C=O) groups excluding carboxylic acids is 1. The van der Waals surface area contributed by atoms with Crippen molar-refractivity contribution in [1.29, 1.82) is 0 Å². The molecule has 0 aliphatic carbocycles. The number of anilines is 1. The third-order valence-electron chi connectivity index (χ3n) is 3.43. The number of nitrogens with zero attached hydrogens (tertiary/aromatic N) is 1. The van der Waals surface area contributed by atoms with Gasteiger partial charge in [-0.2, -0.15) is 0 Å². The first kappa shape index (κ1) is 17.5. The van der Waals surface area contributed by atoms with Crippen LogP contribution in [-0.2, 0) is 11.4 Å². The van der Waals surface area contributed by atoms with Gasteiger partial charge in [0.25, 0.3) is 0 Å². The summed E-state index contributed by atoms with van der Waals surface area (Å²) in [4.78, 5) is 16.4. The van der Waals surface area contributed by atoms with Crippen LogP contribution in [0, 0.1) is 0 Å². The number of nitrogens with one attached hydrogen (secondary N) is 1. The fourth-order valence-electron chi connectivity index (χ4n) is 2.09. The van der Waals surface area contributed by atoms with Gasteiger partial charge in [0.1, 0.15) is 12.4 Å². The number of benzene rings is 2. The van der Waals surface area contributed by atoms with Crippen molar-refractivity contribution >= 4 is 34.7 Å². The summed E-state index contributed by atoms with van der Waals surface area (Å²) >= 11 is 2.99. The van der Waals surface area contributed by atoms with Crippen LogP contribution >= 0.6 is 23.1 Å². The highest BCUT2D eigenvalue weighted by Crippen LogP contribution is 2.26. The van der Waals surface area contributed by atoms with Crippen molar-refractivity contribution in [2.75, 3.05) is 5.32 Å². The van der Waals surface area contributed by atoms with Gasteiger partial charge in [-0.3, -0.25) is 4.79 Å². The standard InChI is InChI=1S/C19H18N2O2S2/c1-14(25-19-20-11-12-24-19)18(22)21-16-7-9-17(10-8-16)23-13-15-5-3-2-4-6-15/h2-12,14H,13H2,1H3,(H,21,22). The van der Waals surface area contributed by atoms with Crippen LogP contribution in [-0.4, -0.2) is 16.1 Å². The molecular weight excluding hydrogens is 352 g/mol. The maximum absolute atomic E-state index is 12.2. The van der Waals surface area contributed by atoms with Crippen LogP contribution in [0.1, 0.15) is 12.5 Å². The molecule has 128 valence electrons. The molecule has 3 aromatic rings. The molecule has 0 saturated carbocycles. The van der Waals surface area contributed by atoms with Gasteiger partial charge in [0.2, 0.25) is 5.91 Å². The lowest BCUT2D eigenvalue weighted by atomic mass is 10.2. The summed E-state index contributed by atoms with van der Waals surface area (Å²) in [5.74, 6) is 0.727. The summed E-state index contributed by atoms with van der Waals surface area (Å²) in [6.45, 7) is 2.40. The average molecular weight is 370 g/mol. The Labute approximate surface area is 155 Å². The number of rotatable bonds is 7. The van der Waals surface area contributed by atoms with E-state index in [1.165, 1.54) is 23.1 Å². The van der Waals surface area contributed by atoms with Crippen molar-refractivity contribution in [1.82, 2.24) is 4.98 Å². The Hall–Kier alpha value is -2.31. The fourth-order valence-corrected chi connectivity index (χ4v) is 3.86. The fraction of sp³-hybridized carbons (Fsp3) is 0.158. The number of thiazole rings is 1. The Balaban J connectivity index is 1.50. The number of amides is 1. The van der Waals surface area contributed by atoms with E-state index >= 15 is 0 Å². The van der Waals surface area contributed by atoms with E-state index in [4.69, 9.17) is 4.74 Å². The van der Waals surface area contributed by atoms with E-state index in [0.717, 1.165) is 21.3 Å². The Morgan fingerprint density at radius 2 is 1.96 bits per heavy atom. The molecule has 0 spiro atoms. The van der Waals surface area contributed by atoms with Gasteiger partial charge in [-0.25, -0.2) is 4.98 Å². The number of ether oxygens (including phenoxy) is 1. The van der Waals surface area contributed by atoms with Gasteiger partial charge in [-0.1, -0.05) is 42.1 Å². The molecule has 1 heterocycles. The SMILES string of the molecule is CC(Sc1nccs1)C(=O)Nc1ccc(OCc2ccccc2)cc1. The van der Waals surface area contributed by atoms with Crippen LogP contribution in [0.4, 0.5) is 5.69 Å². The van der Waals surface area contributed by atoms with Crippen molar-refractivity contribution in [3.8, 4) is 5.75 Å². The zero-order chi connectivity index (χ0) is 17.5. The van der Waals surface area contributed by atoms with Crippen molar-refractivity contribution in [3.63, 3.8) is 0 Å². The van der Waals surface area contributed by atoms with Crippen LogP contribution in [0.5, 0.6) is 5.75 Å². The molecule has 1 amide bonds. The molecular formula is C19H18N2O2S2. The number of carbonyl (C=O) groups is 1. The first-order valence-electron chi connectivity index (χ1n) is 7.84. The van der Waals surface area contributed by atoms with E-state index in [9.17, 15) is 4.79 Å². The average Bonchev–Trinajstić information content (AvgIpc) is 3.15. The van der Waals surface area contributed by atoms with Gasteiger partial charge in [-0.05, 0) is 36.8 Å². The number of aromatic nitrogens is 1. The first-order valence-corrected chi connectivity index (χ1v) is 9.60. The van der Waals surface area contributed by atoms with Crippen molar-refractivity contribution in [2.45, 2.75) is 23.1 Å². The molecule has 25 heavy (non-hydrogen) atoms. The van der Waals surface area contributed by atoms with Crippen molar-refractivity contribution < 1.29 is 9.53 Å². The summed E-state index contributed by atoms with van der Waals surface area (Å²) in [7, 11) is 0. The molecule has 1 unspecified atom stereocenters. The highest BCUT2D eigenvalue weighted by molar-refractivity contribution is 8.02. The summed E-state index contributed by atoms with van der Waals surface area (Å²) in [6.07, 6.45) is 1.74. The van der Waals surface area contributed by atoms with E-state index in [1.807, 2.05) is 66.9 Å². The summed E-state index contributed by atoms with van der Waals surface area (Å²) in [5.41, 5.74) is 1.87. The molecule has 4 nitrogen and oxygen atoms in total. The highest BCUT2D eigenvalue weighted by atomic mass is 32.2. The lowest BCUT2D eigenvalue weighted by Gasteiger charge is -2.11. The second-order valence-electron chi connectivity index (χ2n) is 5.35. The lowest BCUT2D eigenvalue weighted by molar-refractivity contribution is -0.115. The molecule has 1 aromatic heterocycles. The zero-order valence-electron chi connectivity index (χ0n) is 13.7. The lowest BCUT2D eigenvalue weighted by Crippen LogP contribution is -2.22. The Kier molecular flexibility index (Phi) is 6.09. The maximum atomic E-state index is 12.2. The Morgan fingerprint density at radius 1 is 1.20 bits per heavy atom. The molecule has 3 rings (SSSR count). The number of thioether (sulfide) groups is 1. The Morgan fingerprint density at radius 3 is 2.64 bits per heavy atom. The van der Waals surface area contributed by atoms with E-state index in [2.05, 4.69) is 10.3 Å². The minimum atomic E-state index is -0.208. The Bertz CT molecular complexity index is 790. The van der Waals surface area contributed by atoms with Gasteiger partial charge in [0, 0.05) is 17.3 Å². The minimum Gasteiger partial charge on any atom is -0.489 e. The molecule has 1 N–H and O–H groups in total. The van der Waals surface area contributed by atoms with Gasteiger partial charge in [-0.15, -0.1) is 11.3 Å². The third-order valence-corrected chi connectivity index (χ3v) is 5.44. The second-order valence-corrected chi connectivity index (χ2v) is 7.83. The van der Waals surface area contributed by atoms with Crippen molar-refractivity contribution in [3.05, 3.63) is 71.7 Å². The minimum absolute atomic E-state index is 0.0434. The first-order chi connectivity index (χ1) is 12.2. The predicted molar refractivity (Wildman–Crippen MR) is 103 cm³/mol. The molecule has 0 saturated heterocycles. The molecule has 6 heteroatoms. The zero-order valence-corrected chi connectivity index (χ0v) is 15.3. The van der Waals surface area contributed by atoms with E-state index < -0.39 is 0 Å². The van der Waals surface area contributed by atoms with Crippen LogP contribution in [0.3, 0.4) is 0 Å². The summed E-state index contributed by atoms with van der Waals surface area (Å²) in [6, 6.07) is 17.4. The number of hydrogen-bond acceptors (Lipinski definition) is 5. The topological polar surface area (TPSA) is 51.2 Å². The van der Waals surface area contributed by atoms with E-state index in [0.29, 0.717) is 6.61 Å². The van der Waals surface area contributed by atoms with Gasteiger partial charge < -0.3 is 10.1 Å². The normalized spacial score (nSPS) is 11.7. The second kappa shape index (κ2) is 8.69. The molecule has 0 aliphatic rings. The van der Waals surface area contributed by atoms with Crippen LogP contribution < -0.4 is 10.1 Å². The van der Waals surface area contributed by atoms with Gasteiger partial charge in [0.15, 0.2) is 4.34 Å². The monoisotopic (exact) mass is 370 g/mol. The van der Waals surface area contributed by atoms with E-state index in [-0.39, 0.29) is 11.2 Å². The van der Waals surface area contributed by atoms with Crippen molar-refractivity contribution in [2.24, 2.45) is 0 Å². The highest BCUT2D eigenvalue weighted by Gasteiger charge is 2.15. The molecule has 1 atom stereocenters. The largest absolute Gasteiger partial charge is 0.489 e. The molecule has 0 aliphatic heterocycles.